The predicted octanol–water partition coefficient (Wildman–Crippen LogP) is 2.99. The molecular formula is C15H13F7N2O3. The third kappa shape index (κ3) is 5.59. The standard InChI is InChI=1S/C15H13F7N2O3/c1-9(7-11(25)13(16,17)14(18,19)15(20,21)22)23-24-12(26)8-27-10-5-3-2-4-6-10/h2-7,23H,8H2,1H3,(H,24,26)/b9-7+. The first-order valence-corrected chi connectivity index (χ1v) is 7.07. The molecule has 0 aliphatic rings. The highest BCUT2D eigenvalue weighted by Crippen LogP contribution is 2.47. The summed E-state index contributed by atoms with van der Waals surface area (Å²) in [7, 11) is 0. The van der Waals surface area contributed by atoms with E-state index in [2.05, 4.69) is 0 Å². The van der Waals surface area contributed by atoms with E-state index < -0.39 is 42.0 Å². The molecule has 0 radical (unpaired) electrons. The van der Waals surface area contributed by atoms with Crippen LogP contribution in [0.15, 0.2) is 42.1 Å². The number of amides is 1. The van der Waals surface area contributed by atoms with E-state index in [0.29, 0.717) is 5.75 Å². The SMILES string of the molecule is C/C(=C\C(=O)C(F)(F)C(F)(F)C(F)(F)F)NNC(=O)COc1ccccc1. The fraction of sp³-hybridized carbons (Fsp3) is 0.333. The largest absolute Gasteiger partial charge is 0.484 e. The van der Waals surface area contributed by atoms with Gasteiger partial charge in [0.05, 0.1) is 0 Å². The normalized spacial score (nSPS) is 13.1. The van der Waals surface area contributed by atoms with Crippen LogP contribution >= 0.6 is 0 Å². The smallest absolute Gasteiger partial charge is 0.460 e. The lowest BCUT2D eigenvalue weighted by atomic mass is 10.1. The van der Waals surface area contributed by atoms with Crippen molar-refractivity contribution in [2.24, 2.45) is 0 Å². The van der Waals surface area contributed by atoms with Crippen molar-refractivity contribution in [3.05, 3.63) is 42.1 Å². The Hall–Kier alpha value is -2.79. The van der Waals surface area contributed by atoms with E-state index in [1.807, 2.05) is 10.9 Å². The first-order chi connectivity index (χ1) is 12.3. The van der Waals surface area contributed by atoms with Gasteiger partial charge in [-0.25, -0.2) is 0 Å². The molecule has 1 aromatic carbocycles. The molecule has 1 rings (SSSR count). The number of carbonyl (C=O) groups excluding carboxylic acids is 2. The van der Waals surface area contributed by atoms with Crippen LogP contribution in [-0.2, 0) is 9.59 Å². The summed E-state index contributed by atoms with van der Waals surface area (Å²) < 4.78 is 92.9. The average Bonchev–Trinajstić information content (AvgIpc) is 2.57. The number of ether oxygens (including phenoxy) is 1. The number of hydrazine groups is 1. The van der Waals surface area contributed by atoms with Gasteiger partial charge in [-0.05, 0) is 19.1 Å². The number of para-hydroxylation sites is 1. The van der Waals surface area contributed by atoms with E-state index in [0.717, 1.165) is 6.92 Å². The molecule has 0 saturated carbocycles. The highest BCUT2D eigenvalue weighted by Gasteiger charge is 2.75. The van der Waals surface area contributed by atoms with Crippen LogP contribution in [0.25, 0.3) is 0 Å². The van der Waals surface area contributed by atoms with Gasteiger partial charge in [0, 0.05) is 11.8 Å². The lowest BCUT2D eigenvalue weighted by molar-refractivity contribution is -0.342. The Morgan fingerprint density at radius 2 is 1.56 bits per heavy atom. The maximum Gasteiger partial charge on any atom is 0.460 e. The van der Waals surface area contributed by atoms with Crippen molar-refractivity contribution in [3.63, 3.8) is 0 Å². The van der Waals surface area contributed by atoms with Gasteiger partial charge < -0.3 is 10.2 Å². The van der Waals surface area contributed by atoms with Gasteiger partial charge in [-0.2, -0.15) is 30.7 Å². The van der Waals surface area contributed by atoms with Crippen LogP contribution < -0.4 is 15.6 Å². The Morgan fingerprint density at radius 3 is 2.07 bits per heavy atom. The van der Waals surface area contributed by atoms with E-state index in [-0.39, 0.29) is 6.08 Å². The molecular weight excluding hydrogens is 389 g/mol. The Bertz CT molecular complexity index is 703. The Labute approximate surface area is 148 Å². The van der Waals surface area contributed by atoms with E-state index in [1.54, 1.807) is 18.2 Å². The van der Waals surface area contributed by atoms with Gasteiger partial charge in [0.2, 0.25) is 5.78 Å². The molecule has 0 spiro atoms. The van der Waals surface area contributed by atoms with Crippen LogP contribution in [0, 0.1) is 0 Å². The number of carbonyl (C=O) groups is 2. The lowest BCUT2D eigenvalue weighted by Crippen LogP contribution is -2.55. The monoisotopic (exact) mass is 402 g/mol. The lowest BCUT2D eigenvalue weighted by Gasteiger charge is -2.26. The number of ketones is 1. The maximum atomic E-state index is 13.2. The zero-order valence-corrected chi connectivity index (χ0v) is 13.5. The molecule has 0 aromatic heterocycles. The van der Waals surface area contributed by atoms with Crippen molar-refractivity contribution >= 4 is 11.7 Å². The molecule has 0 aliphatic heterocycles. The summed E-state index contributed by atoms with van der Waals surface area (Å²) in [5.74, 6) is -15.9. The van der Waals surface area contributed by atoms with Crippen molar-refractivity contribution in [3.8, 4) is 5.75 Å². The van der Waals surface area contributed by atoms with Gasteiger partial charge in [0.1, 0.15) is 5.75 Å². The zero-order chi connectivity index (χ0) is 20.9. The van der Waals surface area contributed by atoms with Crippen molar-refractivity contribution in [1.82, 2.24) is 10.9 Å². The summed E-state index contributed by atoms with van der Waals surface area (Å²) in [5.41, 5.74) is 3.20. The van der Waals surface area contributed by atoms with Crippen molar-refractivity contribution in [1.29, 1.82) is 0 Å². The molecule has 150 valence electrons. The molecule has 0 heterocycles. The number of halogens is 7. The number of alkyl halides is 7. The number of nitrogens with one attached hydrogen (secondary N) is 2. The fourth-order valence-electron chi connectivity index (χ4n) is 1.53. The molecule has 1 aromatic rings. The topological polar surface area (TPSA) is 67.4 Å². The van der Waals surface area contributed by atoms with Crippen LogP contribution in [0.4, 0.5) is 30.7 Å². The van der Waals surface area contributed by atoms with Crippen molar-refractivity contribution in [2.45, 2.75) is 24.9 Å². The van der Waals surface area contributed by atoms with Crippen LogP contribution in [0.1, 0.15) is 6.92 Å². The second kappa shape index (κ2) is 8.27. The van der Waals surface area contributed by atoms with Crippen molar-refractivity contribution < 1.29 is 45.1 Å². The molecule has 0 aliphatic carbocycles. The van der Waals surface area contributed by atoms with Crippen LogP contribution in [-0.4, -0.2) is 36.3 Å². The van der Waals surface area contributed by atoms with Crippen molar-refractivity contribution in [2.75, 3.05) is 6.61 Å². The predicted molar refractivity (Wildman–Crippen MR) is 77.9 cm³/mol. The number of hydrogen-bond donors (Lipinski definition) is 2. The summed E-state index contributed by atoms with van der Waals surface area (Å²) in [5, 5.41) is 0. The van der Waals surface area contributed by atoms with Gasteiger partial charge in [-0.1, -0.05) is 18.2 Å². The van der Waals surface area contributed by atoms with E-state index in [1.165, 1.54) is 12.1 Å². The minimum atomic E-state index is -6.62. The quantitative estimate of drug-likeness (QED) is 0.399. The summed E-state index contributed by atoms with van der Waals surface area (Å²) >= 11 is 0. The van der Waals surface area contributed by atoms with E-state index in [9.17, 15) is 40.3 Å². The van der Waals surface area contributed by atoms with Crippen LogP contribution in [0.2, 0.25) is 0 Å². The molecule has 5 nitrogen and oxygen atoms in total. The number of hydrogen-bond acceptors (Lipinski definition) is 4. The Balaban J connectivity index is 2.62. The molecule has 0 bridgehead atoms. The third-order valence-corrected chi connectivity index (χ3v) is 2.92. The zero-order valence-electron chi connectivity index (χ0n) is 13.5. The molecule has 0 unspecified atom stereocenters. The second-order valence-corrected chi connectivity index (χ2v) is 5.11. The van der Waals surface area contributed by atoms with Gasteiger partial charge in [-0.15, -0.1) is 0 Å². The molecule has 0 fully saturated rings. The first kappa shape index (κ1) is 22.3. The van der Waals surface area contributed by atoms with Gasteiger partial charge >= 0.3 is 18.0 Å². The third-order valence-electron chi connectivity index (χ3n) is 2.92. The number of rotatable bonds is 8. The highest BCUT2D eigenvalue weighted by molar-refractivity contribution is 5.97. The summed E-state index contributed by atoms with van der Waals surface area (Å²) in [6.45, 7) is 0.360. The summed E-state index contributed by atoms with van der Waals surface area (Å²) in [4.78, 5) is 22.6. The number of benzene rings is 1. The molecule has 12 heteroatoms. The summed E-state index contributed by atoms with van der Waals surface area (Å²) in [6, 6.07) is 8.01. The van der Waals surface area contributed by atoms with Crippen LogP contribution in [0.5, 0.6) is 5.75 Å². The fourth-order valence-corrected chi connectivity index (χ4v) is 1.53. The molecule has 0 saturated heterocycles. The van der Waals surface area contributed by atoms with Gasteiger partial charge in [0.25, 0.3) is 5.91 Å². The first-order valence-electron chi connectivity index (χ1n) is 7.07. The highest BCUT2D eigenvalue weighted by atomic mass is 19.4. The second-order valence-electron chi connectivity index (χ2n) is 5.11. The maximum absolute atomic E-state index is 13.2. The van der Waals surface area contributed by atoms with Gasteiger partial charge in [-0.3, -0.25) is 15.0 Å². The molecule has 1 amide bonds. The minimum Gasteiger partial charge on any atom is -0.484 e. The van der Waals surface area contributed by atoms with E-state index in [4.69, 9.17) is 4.74 Å². The minimum absolute atomic E-state index is 0.183. The molecule has 0 atom stereocenters. The molecule has 2 N–H and O–H groups in total. The van der Waals surface area contributed by atoms with Gasteiger partial charge in [0.15, 0.2) is 6.61 Å². The Morgan fingerprint density at radius 1 is 1.00 bits per heavy atom. The van der Waals surface area contributed by atoms with E-state index >= 15 is 0 Å². The van der Waals surface area contributed by atoms with Crippen LogP contribution in [0.3, 0.4) is 0 Å². The summed E-state index contributed by atoms with van der Waals surface area (Å²) in [6.07, 6.45) is -6.80. The molecule has 27 heavy (non-hydrogen) atoms. The number of allylic oxidation sites excluding steroid dienone is 2. The Kier molecular flexibility index (Phi) is 6.81. The average molecular weight is 402 g/mol.